The third-order valence-corrected chi connectivity index (χ3v) is 5.07. The number of amides is 2. The molecule has 3 heterocycles. The first-order chi connectivity index (χ1) is 11.6. The Labute approximate surface area is 140 Å². The van der Waals surface area contributed by atoms with Gasteiger partial charge in [-0.15, -0.1) is 11.3 Å². The summed E-state index contributed by atoms with van der Waals surface area (Å²) >= 11 is 1.19. The Morgan fingerprint density at radius 1 is 1.25 bits per heavy atom. The van der Waals surface area contributed by atoms with Crippen molar-refractivity contribution in [3.05, 3.63) is 51.5 Å². The molecule has 0 radical (unpaired) electrons. The van der Waals surface area contributed by atoms with Gasteiger partial charge in [0, 0.05) is 12.5 Å². The van der Waals surface area contributed by atoms with Crippen molar-refractivity contribution in [3.8, 4) is 0 Å². The molecule has 2 aliphatic heterocycles. The van der Waals surface area contributed by atoms with E-state index in [0.29, 0.717) is 18.3 Å². The molecule has 1 aromatic heterocycles. The maximum absolute atomic E-state index is 12.2. The number of hydrogen-bond acceptors (Lipinski definition) is 7. The molecular weight excluding hydrogens is 332 g/mol. The van der Waals surface area contributed by atoms with Crippen LogP contribution in [-0.4, -0.2) is 41.0 Å². The Balaban J connectivity index is 1.51. The molecule has 1 aromatic carbocycles. The maximum atomic E-state index is 12.2. The average Bonchev–Trinajstić information content (AvgIpc) is 3.32. The van der Waals surface area contributed by atoms with Crippen LogP contribution < -0.4 is 0 Å². The molecule has 7 nitrogen and oxygen atoms in total. The van der Waals surface area contributed by atoms with Crippen LogP contribution in [0.15, 0.2) is 30.5 Å². The van der Waals surface area contributed by atoms with Crippen LogP contribution in [0.5, 0.6) is 0 Å². The minimum Gasteiger partial charge on any atom is -0.381 e. The van der Waals surface area contributed by atoms with Crippen molar-refractivity contribution in [3.63, 3.8) is 0 Å². The lowest BCUT2D eigenvalue weighted by Gasteiger charge is -2.11. The number of carbonyl (C=O) groups is 3. The second kappa shape index (κ2) is 5.81. The molecule has 122 valence electrons. The number of hydrogen-bond donors (Lipinski definition) is 0. The van der Waals surface area contributed by atoms with Crippen LogP contribution in [0.25, 0.3) is 0 Å². The predicted octanol–water partition coefficient (Wildman–Crippen LogP) is 2.02. The number of fused-ring (bicyclic) bond motifs is 1. The Hall–Kier alpha value is -2.58. The number of carbonyl (C=O) groups excluding carboxylic acids is 3. The van der Waals surface area contributed by atoms with Gasteiger partial charge < -0.3 is 9.57 Å². The maximum Gasteiger partial charge on any atom is 0.375 e. The highest BCUT2D eigenvalue weighted by Crippen LogP contribution is 2.30. The summed E-state index contributed by atoms with van der Waals surface area (Å²) in [7, 11) is 0. The second-order valence-electron chi connectivity index (χ2n) is 5.45. The van der Waals surface area contributed by atoms with E-state index in [0.717, 1.165) is 11.4 Å². The van der Waals surface area contributed by atoms with Crippen molar-refractivity contribution in [1.29, 1.82) is 0 Å². The topological polar surface area (TPSA) is 85.8 Å². The third kappa shape index (κ3) is 2.40. The number of imide groups is 1. The number of nitrogens with zero attached hydrogens (tertiary/aromatic N) is 2. The van der Waals surface area contributed by atoms with Gasteiger partial charge in [0.25, 0.3) is 11.8 Å². The molecule has 1 fully saturated rings. The number of ether oxygens (including phenoxy) is 1. The molecule has 4 rings (SSSR count). The van der Waals surface area contributed by atoms with E-state index < -0.39 is 17.8 Å². The minimum atomic E-state index is -0.771. The van der Waals surface area contributed by atoms with Gasteiger partial charge in [0.05, 0.1) is 28.9 Å². The summed E-state index contributed by atoms with van der Waals surface area (Å²) in [5.41, 5.74) is 0.451. The molecule has 0 aliphatic carbocycles. The summed E-state index contributed by atoms with van der Waals surface area (Å²) in [5.74, 6) is -1.88. The SMILES string of the molecule is O=C(ON1C(=O)c2ccccc2C1=O)c1cnc(C2CCOC2)s1. The van der Waals surface area contributed by atoms with E-state index in [2.05, 4.69) is 4.98 Å². The zero-order valence-corrected chi connectivity index (χ0v) is 13.2. The summed E-state index contributed by atoms with van der Waals surface area (Å²) in [4.78, 5) is 46.1. The fourth-order valence-electron chi connectivity index (χ4n) is 2.68. The standard InChI is InChI=1S/C16H12N2O5S/c19-14-10-3-1-2-4-11(10)15(20)18(14)23-16(21)12-7-17-13(24-12)9-5-6-22-8-9/h1-4,7,9H,5-6,8H2. The Morgan fingerprint density at radius 2 is 1.96 bits per heavy atom. The summed E-state index contributed by atoms with van der Waals surface area (Å²) in [5, 5.41) is 1.30. The van der Waals surface area contributed by atoms with Crippen molar-refractivity contribution >= 4 is 29.1 Å². The number of aromatic nitrogens is 1. The fraction of sp³-hybridized carbons (Fsp3) is 0.250. The first kappa shape index (κ1) is 15.0. The summed E-state index contributed by atoms with van der Waals surface area (Å²) in [6.07, 6.45) is 2.26. The first-order valence-electron chi connectivity index (χ1n) is 7.38. The van der Waals surface area contributed by atoms with Gasteiger partial charge in [-0.3, -0.25) is 9.59 Å². The quantitative estimate of drug-likeness (QED) is 0.792. The molecule has 2 aromatic rings. The smallest absolute Gasteiger partial charge is 0.375 e. The highest BCUT2D eigenvalue weighted by molar-refractivity contribution is 7.13. The third-order valence-electron chi connectivity index (χ3n) is 3.93. The van der Waals surface area contributed by atoms with E-state index in [-0.39, 0.29) is 21.9 Å². The molecule has 0 N–H and O–H groups in total. The van der Waals surface area contributed by atoms with Crippen LogP contribution in [0, 0.1) is 0 Å². The Bertz CT molecular complexity index is 805. The molecule has 2 aliphatic rings. The van der Waals surface area contributed by atoms with Gasteiger partial charge in [-0.05, 0) is 18.6 Å². The highest BCUT2D eigenvalue weighted by atomic mass is 32.1. The normalized spacial score (nSPS) is 19.7. The van der Waals surface area contributed by atoms with Gasteiger partial charge in [0.2, 0.25) is 0 Å². The van der Waals surface area contributed by atoms with Gasteiger partial charge in [0.1, 0.15) is 4.88 Å². The molecular formula is C16H12N2O5S. The van der Waals surface area contributed by atoms with Crippen molar-refractivity contribution < 1.29 is 24.0 Å². The van der Waals surface area contributed by atoms with E-state index in [1.807, 2.05) is 0 Å². The molecule has 2 amide bonds. The fourth-order valence-corrected chi connectivity index (χ4v) is 3.59. The van der Waals surface area contributed by atoms with Gasteiger partial charge >= 0.3 is 5.97 Å². The Kier molecular flexibility index (Phi) is 3.62. The van der Waals surface area contributed by atoms with Crippen LogP contribution in [0.3, 0.4) is 0 Å². The van der Waals surface area contributed by atoms with Crippen LogP contribution in [0.1, 0.15) is 47.7 Å². The number of benzene rings is 1. The second-order valence-corrected chi connectivity index (χ2v) is 6.51. The highest BCUT2D eigenvalue weighted by Gasteiger charge is 2.39. The van der Waals surface area contributed by atoms with E-state index in [4.69, 9.17) is 9.57 Å². The summed E-state index contributed by atoms with van der Waals surface area (Å²) in [6, 6.07) is 6.34. The van der Waals surface area contributed by atoms with Crippen LogP contribution in [0.4, 0.5) is 0 Å². The molecule has 1 unspecified atom stereocenters. The van der Waals surface area contributed by atoms with Crippen molar-refractivity contribution in [2.45, 2.75) is 12.3 Å². The van der Waals surface area contributed by atoms with E-state index in [9.17, 15) is 14.4 Å². The zero-order chi connectivity index (χ0) is 16.7. The number of hydroxylamine groups is 2. The van der Waals surface area contributed by atoms with Gasteiger partial charge in [-0.25, -0.2) is 9.78 Å². The number of thiazole rings is 1. The lowest BCUT2D eigenvalue weighted by atomic mass is 10.1. The van der Waals surface area contributed by atoms with Crippen LogP contribution in [-0.2, 0) is 9.57 Å². The van der Waals surface area contributed by atoms with Crippen molar-refractivity contribution in [2.24, 2.45) is 0 Å². The van der Waals surface area contributed by atoms with E-state index in [1.165, 1.54) is 29.7 Å². The molecule has 0 bridgehead atoms. The zero-order valence-electron chi connectivity index (χ0n) is 12.4. The minimum absolute atomic E-state index is 0.177. The van der Waals surface area contributed by atoms with Gasteiger partial charge in [-0.2, -0.15) is 0 Å². The summed E-state index contributed by atoms with van der Waals surface area (Å²) in [6.45, 7) is 1.26. The van der Waals surface area contributed by atoms with Crippen molar-refractivity contribution in [2.75, 3.05) is 13.2 Å². The summed E-state index contributed by atoms with van der Waals surface area (Å²) < 4.78 is 5.31. The largest absolute Gasteiger partial charge is 0.381 e. The Morgan fingerprint density at radius 3 is 2.58 bits per heavy atom. The van der Waals surface area contributed by atoms with E-state index >= 15 is 0 Å². The van der Waals surface area contributed by atoms with Crippen molar-refractivity contribution in [1.82, 2.24) is 10.0 Å². The molecule has 24 heavy (non-hydrogen) atoms. The van der Waals surface area contributed by atoms with Crippen LogP contribution >= 0.6 is 11.3 Å². The van der Waals surface area contributed by atoms with Crippen LogP contribution in [0.2, 0.25) is 0 Å². The lowest BCUT2D eigenvalue weighted by molar-refractivity contribution is -0.0581. The molecule has 1 saturated heterocycles. The number of rotatable bonds is 3. The van der Waals surface area contributed by atoms with Gasteiger partial charge in [-0.1, -0.05) is 17.2 Å². The van der Waals surface area contributed by atoms with Gasteiger partial charge in [0.15, 0.2) is 0 Å². The van der Waals surface area contributed by atoms with E-state index in [1.54, 1.807) is 12.1 Å². The predicted molar refractivity (Wildman–Crippen MR) is 82.6 cm³/mol. The molecule has 1 atom stereocenters. The monoisotopic (exact) mass is 344 g/mol. The average molecular weight is 344 g/mol. The molecule has 8 heteroatoms. The molecule has 0 spiro atoms. The first-order valence-corrected chi connectivity index (χ1v) is 8.20. The lowest BCUT2D eigenvalue weighted by Crippen LogP contribution is -2.32. The molecule has 0 saturated carbocycles.